The van der Waals surface area contributed by atoms with Crippen LogP contribution in [-0.4, -0.2) is 13.2 Å². The second kappa shape index (κ2) is 6.65. The summed E-state index contributed by atoms with van der Waals surface area (Å²) in [6.07, 6.45) is 3.65. The van der Waals surface area contributed by atoms with Gasteiger partial charge in [-0.1, -0.05) is 30.1 Å². The lowest BCUT2D eigenvalue weighted by molar-refractivity contribution is 0.296. The van der Waals surface area contributed by atoms with Gasteiger partial charge in [0.2, 0.25) is 0 Å². The van der Waals surface area contributed by atoms with Gasteiger partial charge in [-0.2, -0.15) is 0 Å². The fourth-order valence-corrected chi connectivity index (χ4v) is 2.38. The van der Waals surface area contributed by atoms with Crippen LogP contribution >= 0.6 is 23.2 Å². The molecule has 0 heterocycles. The van der Waals surface area contributed by atoms with Crippen LogP contribution in [0.25, 0.3) is 0 Å². The van der Waals surface area contributed by atoms with E-state index in [1.807, 2.05) is 6.07 Å². The molecule has 0 aliphatic heterocycles. The highest BCUT2D eigenvalue weighted by molar-refractivity contribution is 6.35. The van der Waals surface area contributed by atoms with E-state index in [0.717, 1.165) is 37.4 Å². The molecule has 1 aromatic rings. The topological polar surface area (TPSA) is 21.3 Å². The van der Waals surface area contributed by atoms with Gasteiger partial charge in [-0.25, -0.2) is 0 Å². The molecule has 18 heavy (non-hydrogen) atoms. The Morgan fingerprint density at radius 2 is 2.11 bits per heavy atom. The van der Waals surface area contributed by atoms with Crippen LogP contribution in [0.1, 0.15) is 31.7 Å². The molecular formula is C14H19Cl2NO. The zero-order valence-electron chi connectivity index (χ0n) is 10.6. The zero-order valence-corrected chi connectivity index (χ0v) is 12.2. The van der Waals surface area contributed by atoms with E-state index in [0.29, 0.717) is 16.0 Å². The highest BCUT2D eigenvalue weighted by Crippen LogP contribution is 2.35. The fourth-order valence-electron chi connectivity index (χ4n) is 1.79. The molecule has 1 N–H and O–H groups in total. The minimum atomic E-state index is 0.608. The van der Waals surface area contributed by atoms with Crippen molar-refractivity contribution < 1.29 is 4.74 Å². The van der Waals surface area contributed by atoms with Crippen molar-refractivity contribution in [1.82, 2.24) is 5.32 Å². The summed E-state index contributed by atoms with van der Waals surface area (Å²) in [6, 6.07) is 3.67. The number of ether oxygens (including phenoxy) is 1. The second-order valence-electron chi connectivity index (χ2n) is 4.81. The van der Waals surface area contributed by atoms with E-state index in [1.54, 1.807) is 6.07 Å². The minimum absolute atomic E-state index is 0.608. The first-order chi connectivity index (χ1) is 8.70. The van der Waals surface area contributed by atoms with Gasteiger partial charge in [-0.05, 0) is 43.9 Å². The summed E-state index contributed by atoms with van der Waals surface area (Å²) in [7, 11) is 0. The van der Waals surface area contributed by atoms with Crippen molar-refractivity contribution in [1.29, 1.82) is 0 Å². The van der Waals surface area contributed by atoms with Crippen molar-refractivity contribution in [3.8, 4) is 5.75 Å². The molecule has 0 aromatic heterocycles. The standard InChI is InChI=1S/C14H19Cl2NO/c1-2-5-17-8-11-6-12(15)7-13(16)14(11)18-9-10-3-4-10/h6-7,10,17H,2-5,8-9H2,1H3. The molecule has 100 valence electrons. The van der Waals surface area contributed by atoms with E-state index in [-0.39, 0.29) is 0 Å². The van der Waals surface area contributed by atoms with Gasteiger partial charge in [0, 0.05) is 17.1 Å². The molecular weight excluding hydrogens is 269 g/mol. The number of nitrogens with one attached hydrogen (secondary N) is 1. The molecule has 4 heteroatoms. The molecule has 2 nitrogen and oxygen atoms in total. The Morgan fingerprint density at radius 1 is 1.33 bits per heavy atom. The lowest BCUT2D eigenvalue weighted by Crippen LogP contribution is -2.15. The quantitative estimate of drug-likeness (QED) is 0.756. The predicted molar refractivity (Wildman–Crippen MR) is 76.7 cm³/mol. The van der Waals surface area contributed by atoms with Crippen molar-refractivity contribution in [2.45, 2.75) is 32.7 Å². The smallest absolute Gasteiger partial charge is 0.142 e. The van der Waals surface area contributed by atoms with Crippen LogP contribution in [0.5, 0.6) is 5.75 Å². The van der Waals surface area contributed by atoms with Crippen LogP contribution in [0, 0.1) is 5.92 Å². The Labute approximate surface area is 119 Å². The average Bonchev–Trinajstić information content (AvgIpc) is 3.12. The lowest BCUT2D eigenvalue weighted by Gasteiger charge is -2.14. The van der Waals surface area contributed by atoms with E-state index in [1.165, 1.54) is 12.8 Å². The molecule has 1 aromatic carbocycles. The molecule has 0 spiro atoms. The molecule has 1 fully saturated rings. The molecule has 0 radical (unpaired) electrons. The largest absolute Gasteiger partial charge is 0.491 e. The van der Waals surface area contributed by atoms with Gasteiger partial charge in [-0.3, -0.25) is 0 Å². The van der Waals surface area contributed by atoms with Gasteiger partial charge < -0.3 is 10.1 Å². The maximum atomic E-state index is 6.21. The summed E-state index contributed by atoms with van der Waals surface area (Å²) in [5.74, 6) is 1.50. The summed E-state index contributed by atoms with van der Waals surface area (Å²) >= 11 is 12.3. The average molecular weight is 288 g/mol. The summed E-state index contributed by atoms with van der Waals surface area (Å²) in [4.78, 5) is 0. The summed E-state index contributed by atoms with van der Waals surface area (Å²) < 4.78 is 5.85. The number of halogens is 2. The van der Waals surface area contributed by atoms with Gasteiger partial charge >= 0.3 is 0 Å². The first-order valence-corrected chi connectivity index (χ1v) is 7.27. The summed E-state index contributed by atoms with van der Waals surface area (Å²) in [6.45, 7) is 4.63. The van der Waals surface area contributed by atoms with Gasteiger partial charge in [0.05, 0.1) is 11.6 Å². The van der Waals surface area contributed by atoms with Gasteiger partial charge in [-0.15, -0.1) is 0 Å². The van der Waals surface area contributed by atoms with Crippen molar-refractivity contribution in [3.05, 3.63) is 27.7 Å². The third-order valence-electron chi connectivity index (χ3n) is 2.99. The highest BCUT2D eigenvalue weighted by atomic mass is 35.5. The van der Waals surface area contributed by atoms with Gasteiger partial charge in [0.15, 0.2) is 0 Å². The number of rotatable bonds is 7. The molecule has 0 unspecified atom stereocenters. The molecule has 0 amide bonds. The predicted octanol–water partition coefficient (Wildman–Crippen LogP) is 4.28. The normalized spacial score (nSPS) is 14.8. The SMILES string of the molecule is CCCNCc1cc(Cl)cc(Cl)c1OCC1CC1. The van der Waals surface area contributed by atoms with Crippen LogP contribution in [0.3, 0.4) is 0 Å². The Kier molecular flexibility index (Phi) is 5.16. The second-order valence-corrected chi connectivity index (χ2v) is 5.65. The fraction of sp³-hybridized carbons (Fsp3) is 0.571. The summed E-state index contributed by atoms with van der Waals surface area (Å²) in [5.41, 5.74) is 1.04. The van der Waals surface area contributed by atoms with Gasteiger partial charge in [0.1, 0.15) is 5.75 Å². The maximum Gasteiger partial charge on any atom is 0.142 e. The van der Waals surface area contributed by atoms with Gasteiger partial charge in [0.25, 0.3) is 0 Å². The zero-order chi connectivity index (χ0) is 13.0. The number of hydrogen-bond donors (Lipinski definition) is 1. The molecule has 0 saturated heterocycles. The molecule has 1 saturated carbocycles. The molecule has 1 aliphatic rings. The Bertz CT molecular complexity index is 405. The van der Waals surface area contributed by atoms with Crippen LogP contribution in [0.15, 0.2) is 12.1 Å². The molecule has 0 atom stereocenters. The van der Waals surface area contributed by atoms with Crippen LogP contribution < -0.4 is 10.1 Å². The Hall–Kier alpha value is -0.440. The van der Waals surface area contributed by atoms with E-state index < -0.39 is 0 Å². The van der Waals surface area contributed by atoms with Crippen LogP contribution in [0.2, 0.25) is 10.0 Å². The Morgan fingerprint density at radius 3 is 2.78 bits per heavy atom. The number of hydrogen-bond acceptors (Lipinski definition) is 2. The first kappa shape index (κ1) is 14.0. The van der Waals surface area contributed by atoms with Crippen molar-refractivity contribution in [3.63, 3.8) is 0 Å². The molecule has 1 aliphatic carbocycles. The van der Waals surface area contributed by atoms with Crippen molar-refractivity contribution in [2.75, 3.05) is 13.2 Å². The number of benzene rings is 1. The Balaban J connectivity index is 2.06. The minimum Gasteiger partial charge on any atom is -0.491 e. The summed E-state index contributed by atoms with van der Waals surface area (Å²) in [5, 5.41) is 4.62. The van der Waals surface area contributed by atoms with Crippen molar-refractivity contribution in [2.24, 2.45) is 5.92 Å². The molecule has 0 bridgehead atoms. The van der Waals surface area contributed by atoms with Crippen molar-refractivity contribution >= 4 is 23.2 Å². The lowest BCUT2D eigenvalue weighted by atomic mass is 10.2. The third kappa shape index (κ3) is 4.04. The van der Waals surface area contributed by atoms with E-state index in [9.17, 15) is 0 Å². The molecule has 2 rings (SSSR count). The maximum absolute atomic E-state index is 6.21. The third-order valence-corrected chi connectivity index (χ3v) is 3.49. The van der Waals surface area contributed by atoms with E-state index >= 15 is 0 Å². The van der Waals surface area contributed by atoms with E-state index in [2.05, 4.69) is 12.2 Å². The highest BCUT2D eigenvalue weighted by Gasteiger charge is 2.23. The van der Waals surface area contributed by atoms with Crippen LogP contribution in [0.4, 0.5) is 0 Å². The monoisotopic (exact) mass is 287 g/mol. The van der Waals surface area contributed by atoms with E-state index in [4.69, 9.17) is 27.9 Å². The van der Waals surface area contributed by atoms with Crippen LogP contribution in [-0.2, 0) is 6.54 Å². The first-order valence-electron chi connectivity index (χ1n) is 6.52.